The van der Waals surface area contributed by atoms with Crippen molar-refractivity contribution in [1.82, 2.24) is 5.32 Å². The van der Waals surface area contributed by atoms with Crippen molar-refractivity contribution < 1.29 is 14.3 Å². The minimum atomic E-state index is -0.170. The summed E-state index contributed by atoms with van der Waals surface area (Å²) in [5.41, 5.74) is 6.18. The second-order valence-corrected chi connectivity index (χ2v) is 4.61. The molecule has 0 aliphatic heterocycles. The number of amides is 1. The van der Waals surface area contributed by atoms with Crippen LogP contribution in [0.2, 0.25) is 0 Å². The summed E-state index contributed by atoms with van der Waals surface area (Å²) in [5.74, 6) is 0.976. The van der Waals surface area contributed by atoms with Gasteiger partial charge in [0.05, 0.1) is 19.8 Å². The van der Waals surface area contributed by atoms with E-state index in [0.29, 0.717) is 23.6 Å². The molecular weight excluding hydrogens is 292 g/mol. The van der Waals surface area contributed by atoms with Crippen LogP contribution >= 0.6 is 12.4 Å². The van der Waals surface area contributed by atoms with Crippen molar-refractivity contribution in [1.29, 1.82) is 0 Å². The smallest absolute Gasteiger partial charge is 0.255 e. The van der Waals surface area contributed by atoms with E-state index in [-0.39, 0.29) is 24.4 Å². The molecule has 1 amide bonds. The fourth-order valence-corrected chi connectivity index (χ4v) is 1.95. The van der Waals surface area contributed by atoms with Gasteiger partial charge in [-0.3, -0.25) is 4.79 Å². The molecule has 0 bridgehead atoms. The number of unbranched alkanes of at least 4 members (excludes halogenated alkanes) is 1. The van der Waals surface area contributed by atoms with Crippen LogP contribution in [0, 0.1) is 0 Å². The number of benzene rings is 1. The quantitative estimate of drug-likeness (QED) is 0.772. The normalized spacial score (nSPS) is 11.2. The Bertz CT molecular complexity index is 441. The van der Waals surface area contributed by atoms with Crippen molar-refractivity contribution in [2.24, 2.45) is 5.73 Å². The molecule has 1 atom stereocenters. The molecule has 0 spiro atoms. The molecule has 1 rings (SSSR count). The van der Waals surface area contributed by atoms with Gasteiger partial charge in [0.25, 0.3) is 5.91 Å². The van der Waals surface area contributed by atoms with E-state index in [9.17, 15) is 4.79 Å². The van der Waals surface area contributed by atoms with E-state index in [1.807, 2.05) is 0 Å². The van der Waals surface area contributed by atoms with E-state index >= 15 is 0 Å². The molecule has 0 aromatic heterocycles. The maximum atomic E-state index is 12.3. The van der Waals surface area contributed by atoms with Crippen LogP contribution in [0.1, 0.15) is 36.5 Å². The number of halogens is 1. The summed E-state index contributed by atoms with van der Waals surface area (Å²) in [4.78, 5) is 12.3. The first kappa shape index (κ1) is 19.5. The summed E-state index contributed by atoms with van der Waals surface area (Å²) in [6.07, 6.45) is 3.01. The zero-order valence-corrected chi connectivity index (χ0v) is 13.7. The van der Waals surface area contributed by atoms with E-state index in [2.05, 4.69) is 12.2 Å². The molecule has 1 aromatic rings. The lowest BCUT2D eigenvalue weighted by Gasteiger charge is -2.17. The molecule has 3 N–H and O–H groups in total. The summed E-state index contributed by atoms with van der Waals surface area (Å²) in [7, 11) is 3.10. The van der Waals surface area contributed by atoms with E-state index < -0.39 is 0 Å². The minimum absolute atomic E-state index is 0. The highest BCUT2D eigenvalue weighted by molar-refractivity contribution is 5.97. The van der Waals surface area contributed by atoms with Gasteiger partial charge in [-0.25, -0.2) is 0 Å². The lowest BCUT2D eigenvalue weighted by Crippen LogP contribution is -2.40. The summed E-state index contributed by atoms with van der Waals surface area (Å²) in [6.45, 7) is 2.55. The van der Waals surface area contributed by atoms with Gasteiger partial charge in [-0.2, -0.15) is 0 Å². The number of hydrogen-bond acceptors (Lipinski definition) is 4. The zero-order valence-electron chi connectivity index (χ0n) is 12.8. The molecule has 120 valence electrons. The molecule has 5 nitrogen and oxygen atoms in total. The number of carbonyl (C=O) groups excluding carboxylic acids is 1. The Morgan fingerprint density at radius 3 is 2.57 bits per heavy atom. The van der Waals surface area contributed by atoms with Gasteiger partial charge in [-0.15, -0.1) is 12.4 Å². The first-order valence-electron chi connectivity index (χ1n) is 6.89. The van der Waals surface area contributed by atoms with Gasteiger partial charge in [-0.1, -0.05) is 19.8 Å². The first-order valence-corrected chi connectivity index (χ1v) is 6.89. The Morgan fingerprint density at radius 2 is 2.05 bits per heavy atom. The first-order chi connectivity index (χ1) is 9.65. The SMILES string of the molecule is CCCCC(CN)NC(=O)c1ccc(OC)cc1OC.Cl. The van der Waals surface area contributed by atoms with Gasteiger partial charge in [0.2, 0.25) is 0 Å². The monoisotopic (exact) mass is 316 g/mol. The molecule has 1 aromatic carbocycles. The van der Waals surface area contributed by atoms with Crippen molar-refractivity contribution in [2.75, 3.05) is 20.8 Å². The van der Waals surface area contributed by atoms with Gasteiger partial charge in [0, 0.05) is 18.7 Å². The average molecular weight is 317 g/mol. The van der Waals surface area contributed by atoms with Crippen LogP contribution in [0.5, 0.6) is 11.5 Å². The van der Waals surface area contributed by atoms with Crippen molar-refractivity contribution in [2.45, 2.75) is 32.2 Å². The van der Waals surface area contributed by atoms with Crippen molar-refractivity contribution >= 4 is 18.3 Å². The van der Waals surface area contributed by atoms with Crippen molar-refractivity contribution in [3.05, 3.63) is 23.8 Å². The topological polar surface area (TPSA) is 73.6 Å². The molecular formula is C15H25ClN2O3. The van der Waals surface area contributed by atoms with Gasteiger partial charge in [0.1, 0.15) is 11.5 Å². The third-order valence-corrected chi connectivity index (χ3v) is 3.18. The van der Waals surface area contributed by atoms with Gasteiger partial charge < -0.3 is 20.5 Å². The minimum Gasteiger partial charge on any atom is -0.497 e. The Kier molecular flexibility index (Phi) is 9.58. The molecule has 6 heteroatoms. The lowest BCUT2D eigenvalue weighted by atomic mass is 10.1. The maximum absolute atomic E-state index is 12.3. The van der Waals surface area contributed by atoms with Gasteiger partial charge in [0.15, 0.2) is 0 Å². The highest BCUT2D eigenvalue weighted by Gasteiger charge is 2.16. The number of nitrogens with two attached hydrogens (primary N) is 1. The van der Waals surface area contributed by atoms with Crippen LogP contribution in [0.4, 0.5) is 0 Å². The molecule has 0 fully saturated rings. The number of ether oxygens (including phenoxy) is 2. The predicted octanol–water partition coefficient (Wildman–Crippen LogP) is 2.37. The lowest BCUT2D eigenvalue weighted by molar-refractivity contribution is 0.0932. The van der Waals surface area contributed by atoms with E-state index in [1.54, 1.807) is 25.3 Å². The van der Waals surface area contributed by atoms with Gasteiger partial charge in [-0.05, 0) is 18.6 Å². The van der Waals surface area contributed by atoms with Crippen LogP contribution < -0.4 is 20.5 Å². The number of hydrogen-bond donors (Lipinski definition) is 2. The standard InChI is InChI=1S/C15H24N2O3.ClH/c1-4-5-6-11(10-16)17-15(18)13-8-7-12(19-2)9-14(13)20-3;/h7-9,11H,4-6,10,16H2,1-3H3,(H,17,18);1H. The molecule has 0 saturated heterocycles. The Balaban J connectivity index is 0.00000400. The average Bonchev–Trinajstić information content (AvgIpc) is 2.50. The number of nitrogens with one attached hydrogen (secondary N) is 1. The second-order valence-electron chi connectivity index (χ2n) is 4.61. The Morgan fingerprint density at radius 1 is 1.33 bits per heavy atom. The molecule has 1 unspecified atom stereocenters. The Hall–Kier alpha value is -1.46. The highest BCUT2D eigenvalue weighted by atomic mass is 35.5. The van der Waals surface area contributed by atoms with E-state index in [4.69, 9.17) is 15.2 Å². The van der Waals surface area contributed by atoms with Crippen molar-refractivity contribution in [3.8, 4) is 11.5 Å². The molecule has 0 saturated carbocycles. The molecule has 0 aliphatic carbocycles. The molecule has 21 heavy (non-hydrogen) atoms. The fourth-order valence-electron chi connectivity index (χ4n) is 1.95. The van der Waals surface area contributed by atoms with Crippen LogP contribution in [0.25, 0.3) is 0 Å². The summed E-state index contributed by atoms with van der Waals surface area (Å²) >= 11 is 0. The number of carbonyl (C=O) groups is 1. The maximum Gasteiger partial charge on any atom is 0.255 e. The van der Waals surface area contributed by atoms with Gasteiger partial charge >= 0.3 is 0 Å². The Labute approximate surface area is 132 Å². The number of rotatable bonds is 8. The van der Waals surface area contributed by atoms with E-state index in [0.717, 1.165) is 19.3 Å². The summed E-state index contributed by atoms with van der Waals surface area (Å²) in [6, 6.07) is 5.12. The van der Waals surface area contributed by atoms with Crippen molar-refractivity contribution in [3.63, 3.8) is 0 Å². The molecule has 0 aliphatic rings. The fraction of sp³-hybridized carbons (Fsp3) is 0.533. The van der Waals surface area contributed by atoms with Crippen LogP contribution in [-0.4, -0.2) is 32.7 Å². The predicted molar refractivity (Wildman–Crippen MR) is 86.6 cm³/mol. The second kappa shape index (κ2) is 10.3. The number of methoxy groups -OCH3 is 2. The highest BCUT2D eigenvalue weighted by Crippen LogP contribution is 2.24. The van der Waals surface area contributed by atoms with Crippen LogP contribution in [0.3, 0.4) is 0 Å². The van der Waals surface area contributed by atoms with Crippen LogP contribution in [-0.2, 0) is 0 Å². The van der Waals surface area contributed by atoms with Crippen LogP contribution in [0.15, 0.2) is 18.2 Å². The summed E-state index contributed by atoms with van der Waals surface area (Å²) in [5, 5.41) is 2.95. The summed E-state index contributed by atoms with van der Waals surface area (Å²) < 4.78 is 10.3. The molecule has 0 radical (unpaired) electrons. The molecule has 0 heterocycles. The van der Waals surface area contributed by atoms with E-state index in [1.165, 1.54) is 7.11 Å². The third-order valence-electron chi connectivity index (χ3n) is 3.18. The zero-order chi connectivity index (χ0) is 15.0. The largest absolute Gasteiger partial charge is 0.497 e. The third kappa shape index (κ3) is 5.81.